The van der Waals surface area contributed by atoms with Crippen LogP contribution in [0.15, 0.2) is 51.8 Å². The molecule has 2 amide bonds. The minimum Gasteiger partial charge on any atom is -0.507 e. The summed E-state index contributed by atoms with van der Waals surface area (Å²) in [5.41, 5.74) is 1.20. The summed E-state index contributed by atoms with van der Waals surface area (Å²) >= 11 is 4.11. The van der Waals surface area contributed by atoms with Crippen LogP contribution in [0, 0.1) is 0 Å². The van der Waals surface area contributed by atoms with Crippen molar-refractivity contribution in [3.63, 3.8) is 0 Å². The molecule has 1 fully saturated rings. The van der Waals surface area contributed by atoms with Gasteiger partial charge < -0.3 is 9.84 Å². The molecular weight excluding hydrogens is 394 g/mol. The molecule has 1 heterocycles. The fraction of sp³-hybridized carbons (Fsp3) is 0.0588. The first-order chi connectivity index (χ1) is 11.5. The van der Waals surface area contributed by atoms with Crippen molar-refractivity contribution in [2.45, 2.75) is 0 Å². The number of halogens is 1. The van der Waals surface area contributed by atoms with Crippen molar-refractivity contribution in [2.75, 3.05) is 12.0 Å². The molecule has 2 aromatic carbocycles. The second kappa shape index (κ2) is 6.70. The predicted molar refractivity (Wildman–Crippen MR) is 97.3 cm³/mol. The van der Waals surface area contributed by atoms with Crippen molar-refractivity contribution in [3.05, 3.63) is 57.4 Å². The second-order valence-corrected chi connectivity index (χ2v) is 6.77. The van der Waals surface area contributed by atoms with Gasteiger partial charge in [-0.2, -0.15) is 0 Å². The average molecular weight is 406 g/mol. The molecule has 2 aromatic rings. The number of phenols is 1. The van der Waals surface area contributed by atoms with E-state index in [1.807, 2.05) is 0 Å². The molecule has 1 aliphatic rings. The van der Waals surface area contributed by atoms with E-state index in [2.05, 4.69) is 15.9 Å². The van der Waals surface area contributed by atoms with Crippen LogP contribution in [-0.4, -0.2) is 23.4 Å². The van der Waals surface area contributed by atoms with Gasteiger partial charge in [0.2, 0.25) is 0 Å². The van der Waals surface area contributed by atoms with Gasteiger partial charge in [-0.3, -0.25) is 9.59 Å². The first-order valence-corrected chi connectivity index (χ1v) is 8.51. The number of hydrogen-bond donors (Lipinski definition) is 1. The van der Waals surface area contributed by atoms with E-state index in [1.165, 1.54) is 6.07 Å². The van der Waals surface area contributed by atoms with E-state index >= 15 is 0 Å². The number of phenolic OH excluding ortho intramolecular Hbond substituents is 1. The summed E-state index contributed by atoms with van der Waals surface area (Å²) in [5, 5.41) is 9.17. The molecular formula is C17H12BrNO4S. The Labute approximate surface area is 151 Å². The van der Waals surface area contributed by atoms with Gasteiger partial charge in [0, 0.05) is 0 Å². The molecule has 7 heteroatoms. The minimum atomic E-state index is -0.376. The van der Waals surface area contributed by atoms with Crippen molar-refractivity contribution in [1.82, 2.24) is 0 Å². The molecule has 0 radical (unpaired) electrons. The van der Waals surface area contributed by atoms with Crippen LogP contribution in [0.2, 0.25) is 0 Å². The molecule has 1 saturated heterocycles. The SMILES string of the molecule is COc1ccc(N2C(=O)S/C(=C\c3ccc(O)c(Br)c3)C2=O)cc1. The number of thioether (sulfide) groups is 1. The molecule has 0 atom stereocenters. The van der Waals surface area contributed by atoms with E-state index < -0.39 is 0 Å². The third-order valence-electron chi connectivity index (χ3n) is 3.39. The number of hydrogen-bond acceptors (Lipinski definition) is 5. The molecule has 0 bridgehead atoms. The number of imide groups is 1. The highest BCUT2D eigenvalue weighted by Crippen LogP contribution is 2.36. The number of nitrogens with zero attached hydrogens (tertiary/aromatic N) is 1. The number of amides is 2. The van der Waals surface area contributed by atoms with Crippen LogP contribution in [0.5, 0.6) is 11.5 Å². The molecule has 0 aliphatic carbocycles. The Morgan fingerprint density at radius 2 is 1.88 bits per heavy atom. The van der Waals surface area contributed by atoms with Crippen molar-refractivity contribution in [2.24, 2.45) is 0 Å². The van der Waals surface area contributed by atoms with Crippen molar-refractivity contribution in [1.29, 1.82) is 0 Å². The molecule has 0 unspecified atom stereocenters. The Hall–Kier alpha value is -2.25. The van der Waals surface area contributed by atoms with E-state index in [-0.39, 0.29) is 16.9 Å². The van der Waals surface area contributed by atoms with Gasteiger partial charge in [-0.1, -0.05) is 6.07 Å². The highest BCUT2D eigenvalue weighted by Gasteiger charge is 2.36. The van der Waals surface area contributed by atoms with Crippen LogP contribution in [-0.2, 0) is 4.79 Å². The molecule has 0 aromatic heterocycles. The van der Waals surface area contributed by atoms with Gasteiger partial charge in [-0.05, 0) is 75.7 Å². The summed E-state index contributed by atoms with van der Waals surface area (Å²) in [6.45, 7) is 0. The second-order valence-electron chi connectivity index (χ2n) is 4.93. The van der Waals surface area contributed by atoms with Crippen LogP contribution in [0.4, 0.5) is 10.5 Å². The largest absolute Gasteiger partial charge is 0.507 e. The van der Waals surface area contributed by atoms with Crippen molar-refractivity contribution in [3.8, 4) is 11.5 Å². The molecule has 24 heavy (non-hydrogen) atoms. The number of carbonyl (C=O) groups is 2. The normalized spacial score (nSPS) is 16.1. The van der Waals surface area contributed by atoms with Crippen LogP contribution < -0.4 is 9.64 Å². The predicted octanol–water partition coefficient (Wildman–Crippen LogP) is 4.40. The fourth-order valence-electron chi connectivity index (χ4n) is 2.19. The lowest BCUT2D eigenvalue weighted by Gasteiger charge is -2.12. The van der Waals surface area contributed by atoms with Gasteiger partial charge in [-0.15, -0.1) is 0 Å². The maximum atomic E-state index is 12.6. The summed E-state index contributed by atoms with van der Waals surface area (Å²) < 4.78 is 5.60. The van der Waals surface area contributed by atoms with Gasteiger partial charge in [0.1, 0.15) is 11.5 Å². The van der Waals surface area contributed by atoms with E-state index in [0.29, 0.717) is 26.4 Å². The molecule has 5 nitrogen and oxygen atoms in total. The Morgan fingerprint density at radius 3 is 2.50 bits per heavy atom. The topological polar surface area (TPSA) is 66.8 Å². The summed E-state index contributed by atoms with van der Waals surface area (Å²) in [4.78, 5) is 26.2. The molecule has 0 spiro atoms. The zero-order valence-corrected chi connectivity index (χ0v) is 14.9. The molecule has 3 rings (SSSR count). The van der Waals surface area contributed by atoms with Gasteiger partial charge in [0.05, 0.1) is 22.2 Å². The smallest absolute Gasteiger partial charge is 0.298 e. The first kappa shape index (κ1) is 16.6. The van der Waals surface area contributed by atoms with Crippen LogP contribution in [0.1, 0.15) is 5.56 Å². The van der Waals surface area contributed by atoms with Crippen molar-refractivity contribution >= 4 is 50.6 Å². The number of methoxy groups -OCH3 is 1. The zero-order chi connectivity index (χ0) is 17.3. The summed E-state index contributed by atoms with van der Waals surface area (Å²) in [5.74, 6) is 0.382. The Morgan fingerprint density at radius 1 is 1.17 bits per heavy atom. The summed E-state index contributed by atoms with van der Waals surface area (Å²) in [6.07, 6.45) is 1.62. The van der Waals surface area contributed by atoms with Crippen LogP contribution in [0.3, 0.4) is 0 Å². The quantitative estimate of drug-likeness (QED) is 0.766. The number of rotatable bonds is 3. The van der Waals surface area contributed by atoms with Crippen molar-refractivity contribution < 1.29 is 19.4 Å². The van der Waals surface area contributed by atoms with Gasteiger partial charge in [0.15, 0.2) is 0 Å². The number of anilines is 1. The van der Waals surface area contributed by atoms with Gasteiger partial charge in [0.25, 0.3) is 11.1 Å². The first-order valence-electron chi connectivity index (χ1n) is 6.90. The average Bonchev–Trinajstić information content (AvgIpc) is 2.85. The standard InChI is InChI=1S/C17H12BrNO4S/c1-23-12-5-3-11(4-6-12)19-16(21)15(24-17(19)22)9-10-2-7-14(20)13(18)8-10/h2-9,20H,1H3/b15-9-. The maximum absolute atomic E-state index is 12.6. The Balaban J connectivity index is 1.90. The molecule has 122 valence electrons. The van der Waals surface area contributed by atoms with E-state index in [4.69, 9.17) is 4.74 Å². The molecule has 1 N–H and O–H groups in total. The van der Waals surface area contributed by atoms with Crippen LogP contribution >= 0.6 is 27.7 Å². The molecule has 0 saturated carbocycles. The van der Waals surface area contributed by atoms with E-state index in [1.54, 1.807) is 49.6 Å². The monoisotopic (exact) mass is 405 g/mol. The highest BCUT2D eigenvalue weighted by atomic mass is 79.9. The number of carbonyl (C=O) groups excluding carboxylic acids is 2. The van der Waals surface area contributed by atoms with Crippen LogP contribution in [0.25, 0.3) is 6.08 Å². The van der Waals surface area contributed by atoms with Gasteiger partial charge >= 0.3 is 0 Å². The maximum Gasteiger partial charge on any atom is 0.298 e. The lowest BCUT2D eigenvalue weighted by atomic mass is 10.2. The third-order valence-corrected chi connectivity index (χ3v) is 4.90. The Bertz CT molecular complexity index is 848. The van der Waals surface area contributed by atoms with E-state index in [0.717, 1.165) is 16.7 Å². The fourth-order valence-corrected chi connectivity index (χ4v) is 3.42. The zero-order valence-electron chi connectivity index (χ0n) is 12.5. The Kier molecular flexibility index (Phi) is 4.64. The lowest BCUT2D eigenvalue weighted by molar-refractivity contribution is -0.113. The minimum absolute atomic E-state index is 0.110. The number of benzene rings is 2. The van der Waals surface area contributed by atoms with E-state index in [9.17, 15) is 14.7 Å². The highest BCUT2D eigenvalue weighted by molar-refractivity contribution is 9.10. The summed E-state index contributed by atoms with van der Waals surface area (Å²) in [7, 11) is 1.55. The summed E-state index contributed by atoms with van der Waals surface area (Å²) in [6, 6.07) is 11.6. The third kappa shape index (κ3) is 3.18. The molecule has 1 aliphatic heterocycles. The number of aromatic hydroxyl groups is 1. The lowest BCUT2D eigenvalue weighted by Crippen LogP contribution is -2.27. The van der Waals surface area contributed by atoms with Gasteiger partial charge in [-0.25, -0.2) is 4.90 Å². The number of ether oxygens (including phenoxy) is 1.